The van der Waals surface area contributed by atoms with Crippen LogP contribution < -0.4 is 9.47 Å². The summed E-state index contributed by atoms with van der Waals surface area (Å²) in [5, 5.41) is 0. The minimum absolute atomic E-state index is 0.141. The zero-order chi connectivity index (χ0) is 14.6. The first-order chi connectivity index (χ1) is 9.58. The molecule has 0 bridgehead atoms. The molecule has 0 radical (unpaired) electrons. The zero-order valence-corrected chi connectivity index (χ0v) is 12.4. The van der Waals surface area contributed by atoms with Crippen molar-refractivity contribution in [1.82, 2.24) is 0 Å². The summed E-state index contributed by atoms with van der Waals surface area (Å²) >= 11 is 0. The first-order valence-electron chi connectivity index (χ1n) is 7.03. The molecule has 0 atom stereocenters. The molecule has 4 heteroatoms. The highest BCUT2D eigenvalue weighted by molar-refractivity contribution is 5.90. The molecule has 4 nitrogen and oxygen atoms in total. The summed E-state index contributed by atoms with van der Waals surface area (Å²) in [6, 6.07) is 5.15. The van der Waals surface area contributed by atoms with E-state index in [1.54, 1.807) is 25.3 Å². The van der Waals surface area contributed by atoms with Gasteiger partial charge in [-0.25, -0.2) is 4.79 Å². The molecule has 0 aromatic heterocycles. The summed E-state index contributed by atoms with van der Waals surface area (Å²) in [4.78, 5) is 11.5. The van der Waals surface area contributed by atoms with Crippen LogP contribution in [0, 0.1) is 0 Å². The fourth-order valence-electron chi connectivity index (χ4n) is 2.66. The minimum Gasteiger partial charge on any atom is -0.493 e. The van der Waals surface area contributed by atoms with Crippen LogP contribution in [0.2, 0.25) is 0 Å². The fourth-order valence-corrected chi connectivity index (χ4v) is 2.66. The van der Waals surface area contributed by atoms with Gasteiger partial charge in [0.15, 0.2) is 11.5 Å². The van der Waals surface area contributed by atoms with Crippen molar-refractivity contribution in [3.05, 3.63) is 23.8 Å². The SMILES string of the molecule is COC(=O)c1ccc(OC2(C)CCCCC2)c(OC)c1. The highest BCUT2D eigenvalue weighted by atomic mass is 16.5. The quantitative estimate of drug-likeness (QED) is 0.790. The molecule has 0 saturated heterocycles. The largest absolute Gasteiger partial charge is 0.493 e. The normalized spacial score (nSPS) is 17.4. The molecule has 0 unspecified atom stereocenters. The summed E-state index contributed by atoms with van der Waals surface area (Å²) in [5.41, 5.74) is 0.323. The second-order valence-corrected chi connectivity index (χ2v) is 5.47. The molecule has 0 amide bonds. The Bertz CT molecular complexity index is 475. The maximum absolute atomic E-state index is 11.5. The Morgan fingerprint density at radius 1 is 1.10 bits per heavy atom. The van der Waals surface area contributed by atoms with Crippen LogP contribution in [0.15, 0.2) is 18.2 Å². The van der Waals surface area contributed by atoms with E-state index < -0.39 is 0 Å². The summed E-state index contributed by atoms with van der Waals surface area (Å²) < 4.78 is 16.2. The van der Waals surface area contributed by atoms with Crippen molar-refractivity contribution in [2.75, 3.05) is 14.2 Å². The topological polar surface area (TPSA) is 44.8 Å². The molecule has 1 fully saturated rings. The number of hydrogen-bond donors (Lipinski definition) is 0. The van der Waals surface area contributed by atoms with E-state index >= 15 is 0 Å². The Morgan fingerprint density at radius 2 is 1.80 bits per heavy atom. The molecule has 20 heavy (non-hydrogen) atoms. The van der Waals surface area contributed by atoms with E-state index in [2.05, 4.69) is 6.92 Å². The molecule has 2 rings (SSSR count). The number of carbonyl (C=O) groups excluding carboxylic acids is 1. The van der Waals surface area contributed by atoms with Crippen molar-refractivity contribution in [3.8, 4) is 11.5 Å². The van der Waals surface area contributed by atoms with Crippen LogP contribution in [0.1, 0.15) is 49.4 Å². The Labute approximate surface area is 120 Å². The molecule has 0 heterocycles. The second kappa shape index (κ2) is 6.16. The van der Waals surface area contributed by atoms with Crippen molar-refractivity contribution in [2.45, 2.75) is 44.6 Å². The third-order valence-corrected chi connectivity index (χ3v) is 3.85. The number of benzene rings is 1. The zero-order valence-electron chi connectivity index (χ0n) is 12.4. The molecule has 1 aromatic carbocycles. The lowest BCUT2D eigenvalue weighted by molar-refractivity contribution is 0.0459. The lowest BCUT2D eigenvalue weighted by atomic mass is 9.86. The van der Waals surface area contributed by atoms with E-state index in [9.17, 15) is 4.79 Å². The Balaban J connectivity index is 2.21. The van der Waals surface area contributed by atoms with E-state index in [1.165, 1.54) is 26.4 Å². The summed E-state index contributed by atoms with van der Waals surface area (Å²) in [6.45, 7) is 2.14. The number of ether oxygens (including phenoxy) is 3. The molecule has 1 aromatic rings. The summed E-state index contributed by atoms with van der Waals surface area (Å²) in [7, 11) is 2.94. The first-order valence-corrected chi connectivity index (χ1v) is 7.03. The molecular weight excluding hydrogens is 256 g/mol. The fraction of sp³-hybridized carbons (Fsp3) is 0.562. The molecular formula is C16H22O4. The first kappa shape index (κ1) is 14.7. The van der Waals surface area contributed by atoms with Crippen LogP contribution in [0.25, 0.3) is 0 Å². The minimum atomic E-state index is -0.376. The van der Waals surface area contributed by atoms with Crippen molar-refractivity contribution in [1.29, 1.82) is 0 Å². The van der Waals surface area contributed by atoms with Crippen LogP contribution >= 0.6 is 0 Å². The van der Waals surface area contributed by atoms with Crippen LogP contribution in [0.3, 0.4) is 0 Å². The summed E-state index contributed by atoms with van der Waals surface area (Å²) in [6.07, 6.45) is 5.76. The Morgan fingerprint density at radius 3 is 2.40 bits per heavy atom. The number of hydrogen-bond acceptors (Lipinski definition) is 4. The van der Waals surface area contributed by atoms with E-state index in [-0.39, 0.29) is 11.6 Å². The van der Waals surface area contributed by atoms with Gasteiger partial charge in [0, 0.05) is 0 Å². The molecule has 1 aliphatic rings. The number of rotatable bonds is 4. The van der Waals surface area contributed by atoms with Gasteiger partial charge in [0.2, 0.25) is 0 Å². The monoisotopic (exact) mass is 278 g/mol. The lowest BCUT2D eigenvalue weighted by Crippen LogP contribution is -2.34. The predicted octanol–water partition coefficient (Wildman–Crippen LogP) is 3.58. The molecule has 0 spiro atoms. The Hall–Kier alpha value is -1.71. The molecule has 1 saturated carbocycles. The predicted molar refractivity (Wildman–Crippen MR) is 76.5 cm³/mol. The third kappa shape index (κ3) is 3.24. The molecule has 110 valence electrons. The van der Waals surface area contributed by atoms with Gasteiger partial charge >= 0.3 is 5.97 Å². The van der Waals surface area contributed by atoms with Crippen molar-refractivity contribution in [3.63, 3.8) is 0 Å². The van der Waals surface area contributed by atoms with Crippen LogP contribution in [-0.2, 0) is 4.74 Å². The van der Waals surface area contributed by atoms with E-state index in [1.807, 2.05) is 0 Å². The van der Waals surface area contributed by atoms with Crippen molar-refractivity contribution in [2.24, 2.45) is 0 Å². The maximum atomic E-state index is 11.5. The van der Waals surface area contributed by atoms with Crippen LogP contribution in [0.5, 0.6) is 11.5 Å². The van der Waals surface area contributed by atoms with Gasteiger partial charge in [-0.1, -0.05) is 6.42 Å². The molecule has 0 N–H and O–H groups in total. The van der Waals surface area contributed by atoms with Crippen molar-refractivity contribution >= 4 is 5.97 Å². The van der Waals surface area contributed by atoms with Crippen LogP contribution in [-0.4, -0.2) is 25.8 Å². The average molecular weight is 278 g/mol. The lowest BCUT2D eigenvalue weighted by Gasteiger charge is -2.34. The second-order valence-electron chi connectivity index (χ2n) is 5.47. The third-order valence-electron chi connectivity index (χ3n) is 3.85. The number of esters is 1. The van der Waals surface area contributed by atoms with Gasteiger partial charge in [-0.2, -0.15) is 0 Å². The van der Waals surface area contributed by atoms with E-state index in [0.29, 0.717) is 17.1 Å². The Kier molecular flexibility index (Phi) is 4.53. The van der Waals surface area contributed by atoms with E-state index in [0.717, 1.165) is 12.8 Å². The van der Waals surface area contributed by atoms with Crippen LogP contribution in [0.4, 0.5) is 0 Å². The summed E-state index contributed by atoms with van der Waals surface area (Å²) in [5.74, 6) is 0.878. The van der Waals surface area contributed by atoms with Gasteiger partial charge in [-0.3, -0.25) is 0 Å². The van der Waals surface area contributed by atoms with Gasteiger partial charge < -0.3 is 14.2 Å². The number of methoxy groups -OCH3 is 2. The number of carbonyl (C=O) groups is 1. The maximum Gasteiger partial charge on any atom is 0.337 e. The van der Waals surface area contributed by atoms with E-state index in [4.69, 9.17) is 14.2 Å². The highest BCUT2D eigenvalue weighted by Gasteiger charge is 2.29. The molecule has 0 aliphatic heterocycles. The standard InChI is InChI=1S/C16H22O4/c1-16(9-5-4-6-10-16)20-13-8-7-12(15(17)19-3)11-14(13)18-2/h7-8,11H,4-6,9-10H2,1-3H3. The van der Waals surface area contributed by atoms with Gasteiger partial charge in [0.05, 0.1) is 19.8 Å². The smallest absolute Gasteiger partial charge is 0.337 e. The average Bonchev–Trinajstić information content (AvgIpc) is 2.47. The van der Waals surface area contributed by atoms with Crippen molar-refractivity contribution < 1.29 is 19.0 Å². The molecule has 1 aliphatic carbocycles. The van der Waals surface area contributed by atoms with Gasteiger partial charge in [-0.05, 0) is 50.8 Å². The van der Waals surface area contributed by atoms with Gasteiger partial charge in [-0.15, -0.1) is 0 Å². The highest BCUT2D eigenvalue weighted by Crippen LogP contribution is 2.37. The van der Waals surface area contributed by atoms with Gasteiger partial charge in [0.1, 0.15) is 5.60 Å². The van der Waals surface area contributed by atoms with Gasteiger partial charge in [0.25, 0.3) is 0 Å².